The van der Waals surface area contributed by atoms with E-state index in [9.17, 15) is 9.90 Å². The SMILES string of the molecule is CN(CCO)C(=O)COc1ccccc1CNCC(O)c1cc(Br)cs1. The molecule has 2 rings (SSSR count). The fourth-order valence-corrected chi connectivity index (χ4v) is 3.69. The Bertz CT molecular complexity index is 710. The third-order valence-electron chi connectivity index (χ3n) is 3.75. The van der Waals surface area contributed by atoms with E-state index in [1.54, 1.807) is 7.05 Å². The average Bonchev–Trinajstić information content (AvgIpc) is 3.07. The molecule has 1 aromatic heterocycles. The Morgan fingerprint density at radius 1 is 1.42 bits per heavy atom. The van der Waals surface area contributed by atoms with E-state index >= 15 is 0 Å². The quantitative estimate of drug-likeness (QED) is 0.525. The van der Waals surface area contributed by atoms with E-state index in [4.69, 9.17) is 9.84 Å². The lowest BCUT2D eigenvalue weighted by Crippen LogP contribution is -2.33. The summed E-state index contributed by atoms with van der Waals surface area (Å²) in [6.45, 7) is 1.05. The van der Waals surface area contributed by atoms with Crippen LogP contribution in [0.3, 0.4) is 0 Å². The lowest BCUT2D eigenvalue weighted by molar-refractivity contribution is -0.132. The maximum Gasteiger partial charge on any atom is 0.260 e. The van der Waals surface area contributed by atoms with Gasteiger partial charge in [0, 0.05) is 47.0 Å². The first-order valence-corrected chi connectivity index (χ1v) is 9.86. The van der Waals surface area contributed by atoms with Gasteiger partial charge in [0.2, 0.25) is 0 Å². The number of halogens is 1. The number of carbonyl (C=O) groups excluding carboxylic acids is 1. The van der Waals surface area contributed by atoms with Crippen LogP contribution in [0.1, 0.15) is 16.5 Å². The summed E-state index contributed by atoms with van der Waals surface area (Å²) < 4.78 is 6.60. The van der Waals surface area contributed by atoms with Crippen molar-refractivity contribution in [1.82, 2.24) is 10.2 Å². The number of nitrogens with zero attached hydrogens (tertiary/aromatic N) is 1. The third kappa shape index (κ3) is 6.37. The Morgan fingerprint density at radius 2 is 2.19 bits per heavy atom. The van der Waals surface area contributed by atoms with Crippen LogP contribution < -0.4 is 10.1 Å². The lowest BCUT2D eigenvalue weighted by atomic mass is 10.2. The van der Waals surface area contributed by atoms with Crippen LogP contribution in [0.15, 0.2) is 40.2 Å². The molecule has 8 heteroatoms. The van der Waals surface area contributed by atoms with Crippen LogP contribution in [0.4, 0.5) is 0 Å². The van der Waals surface area contributed by atoms with Gasteiger partial charge in [-0.05, 0) is 28.1 Å². The number of likely N-dealkylation sites (N-methyl/N-ethyl adjacent to an activating group) is 1. The highest BCUT2D eigenvalue weighted by molar-refractivity contribution is 9.10. The fraction of sp³-hybridized carbons (Fsp3) is 0.389. The van der Waals surface area contributed by atoms with Gasteiger partial charge in [-0.1, -0.05) is 18.2 Å². The minimum Gasteiger partial charge on any atom is -0.483 e. The Labute approximate surface area is 165 Å². The molecule has 2 aromatic rings. The molecule has 26 heavy (non-hydrogen) atoms. The summed E-state index contributed by atoms with van der Waals surface area (Å²) in [4.78, 5) is 14.2. The monoisotopic (exact) mass is 442 g/mol. The minimum atomic E-state index is -0.576. The zero-order valence-electron chi connectivity index (χ0n) is 14.5. The van der Waals surface area contributed by atoms with Crippen LogP contribution in [0.5, 0.6) is 5.75 Å². The van der Waals surface area contributed by atoms with Crippen molar-refractivity contribution in [2.75, 3.05) is 33.4 Å². The molecule has 0 aliphatic rings. The van der Waals surface area contributed by atoms with E-state index in [-0.39, 0.29) is 25.7 Å². The van der Waals surface area contributed by atoms with Gasteiger partial charge in [-0.2, -0.15) is 0 Å². The van der Waals surface area contributed by atoms with E-state index in [1.807, 2.05) is 35.7 Å². The molecule has 1 atom stereocenters. The summed E-state index contributed by atoms with van der Waals surface area (Å²) in [5.74, 6) is 0.430. The zero-order valence-corrected chi connectivity index (χ0v) is 16.9. The molecule has 0 radical (unpaired) electrons. The number of carbonyl (C=O) groups is 1. The molecule has 142 valence electrons. The molecule has 0 aliphatic carbocycles. The predicted molar refractivity (Wildman–Crippen MR) is 105 cm³/mol. The van der Waals surface area contributed by atoms with E-state index < -0.39 is 6.10 Å². The van der Waals surface area contributed by atoms with Crippen LogP contribution in [0.25, 0.3) is 0 Å². The van der Waals surface area contributed by atoms with Crippen molar-refractivity contribution < 1.29 is 19.7 Å². The number of para-hydroxylation sites is 1. The number of nitrogens with one attached hydrogen (secondary N) is 1. The Balaban J connectivity index is 1.85. The van der Waals surface area contributed by atoms with Crippen molar-refractivity contribution >= 4 is 33.2 Å². The second kappa shape index (κ2) is 10.6. The number of thiophene rings is 1. The topological polar surface area (TPSA) is 82.0 Å². The largest absolute Gasteiger partial charge is 0.483 e. The predicted octanol–water partition coefficient (Wildman–Crippen LogP) is 2.16. The van der Waals surface area contributed by atoms with Crippen molar-refractivity contribution in [2.45, 2.75) is 12.6 Å². The second-order valence-corrected chi connectivity index (χ2v) is 7.61. The van der Waals surface area contributed by atoms with Crippen LogP contribution in [0, 0.1) is 0 Å². The highest BCUT2D eigenvalue weighted by Gasteiger charge is 2.12. The standard InChI is InChI=1S/C18H23BrN2O4S/c1-21(6-7-22)18(24)11-25-16-5-3-2-4-13(16)9-20-10-15(23)17-8-14(19)12-26-17/h2-5,8,12,15,20,22-23H,6-7,9-11H2,1H3. The summed E-state index contributed by atoms with van der Waals surface area (Å²) in [5, 5.41) is 24.2. The van der Waals surface area contributed by atoms with Crippen molar-refractivity contribution in [3.63, 3.8) is 0 Å². The number of rotatable bonds is 10. The molecule has 0 spiro atoms. The van der Waals surface area contributed by atoms with E-state index in [0.29, 0.717) is 18.8 Å². The normalized spacial score (nSPS) is 12.0. The summed E-state index contributed by atoms with van der Waals surface area (Å²) in [6, 6.07) is 9.37. The van der Waals surface area contributed by atoms with Crippen molar-refractivity contribution in [1.29, 1.82) is 0 Å². The molecule has 6 nitrogen and oxygen atoms in total. The molecule has 1 aromatic carbocycles. The van der Waals surface area contributed by atoms with E-state index in [1.165, 1.54) is 16.2 Å². The number of hydrogen-bond acceptors (Lipinski definition) is 6. The molecular weight excluding hydrogens is 420 g/mol. The first-order valence-electron chi connectivity index (χ1n) is 8.19. The first-order chi connectivity index (χ1) is 12.5. The van der Waals surface area contributed by atoms with E-state index in [0.717, 1.165) is 14.9 Å². The van der Waals surface area contributed by atoms with Gasteiger partial charge >= 0.3 is 0 Å². The van der Waals surface area contributed by atoms with Gasteiger partial charge in [0.05, 0.1) is 6.61 Å². The molecule has 1 amide bonds. The number of hydrogen-bond donors (Lipinski definition) is 3. The zero-order chi connectivity index (χ0) is 18.9. The van der Waals surface area contributed by atoms with Crippen molar-refractivity contribution in [2.24, 2.45) is 0 Å². The van der Waals surface area contributed by atoms with Gasteiger partial charge in [0.15, 0.2) is 6.61 Å². The summed E-state index contributed by atoms with van der Waals surface area (Å²) in [7, 11) is 1.62. The first kappa shape index (κ1) is 20.9. The van der Waals surface area contributed by atoms with Gasteiger partial charge in [0.25, 0.3) is 5.91 Å². The average molecular weight is 443 g/mol. The van der Waals surface area contributed by atoms with Gasteiger partial charge < -0.3 is 25.2 Å². The minimum absolute atomic E-state index is 0.0775. The van der Waals surface area contributed by atoms with Gasteiger partial charge in [-0.15, -0.1) is 11.3 Å². The van der Waals surface area contributed by atoms with Gasteiger partial charge in [0.1, 0.15) is 11.9 Å². The number of amides is 1. The third-order valence-corrected chi connectivity index (χ3v) is 5.55. The molecule has 0 bridgehead atoms. The number of benzene rings is 1. The maximum atomic E-state index is 11.9. The number of aliphatic hydroxyl groups is 2. The molecule has 3 N–H and O–H groups in total. The molecule has 0 fully saturated rings. The van der Waals surface area contributed by atoms with Crippen LogP contribution >= 0.6 is 27.3 Å². The molecule has 1 heterocycles. The summed E-state index contributed by atoms with van der Waals surface area (Å²) in [6.07, 6.45) is -0.576. The van der Waals surface area contributed by atoms with Gasteiger partial charge in [-0.3, -0.25) is 4.79 Å². The second-order valence-electron chi connectivity index (χ2n) is 5.75. The Hall–Kier alpha value is -1.45. The molecule has 0 saturated carbocycles. The highest BCUT2D eigenvalue weighted by atomic mass is 79.9. The number of ether oxygens (including phenoxy) is 1. The van der Waals surface area contributed by atoms with Crippen LogP contribution in [0.2, 0.25) is 0 Å². The summed E-state index contributed by atoms with van der Waals surface area (Å²) in [5.41, 5.74) is 0.907. The Kier molecular flexibility index (Phi) is 8.53. The van der Waals surface area contributed by atoms with Crippen molar-refractivity contribution in [3.8, 4) is 5.75 Å². The molecule has 0 aliphatic heterocycles. The van der Waals surface area contributed by atoms with Crippen molar-refractivity contribution in [3.05, 3.63) is 50.6 Å². The highest BCUT2D eigenvalue weighted by Crippen LogP contribution is 2.25. The Morgan fingerprint density at radius 3 is 2.88 bits per heavy atom. The molecule has 0 saturated heterocycles. The summed E-state index contributed by atoms with van der Waals surface area (Å²) >= 11 is 4.88. The fourth-order valence-electron chi connectivity index (χ4n) is 2.26. The number of aliphatic hydroxyl groups excluding tert-OH is 2. The smallest absolute Gasteiger partial charge is 0.260 e. The van der Waals surface area contributed by atoms with E-state index in [2.05, 4.69) is 21.2 Å². The van der Waals surface area contributed by atoms with Crippen LogP contribution in [-0.4, -0.2) is 54.4 Å². The molecular formula is C18H23BrN2O4S. The lowest BCUT2D eigenvalue weighted by Gasteiger charge is -2.17. The molecule has 1 unspecified atom stereocenters. The van der Waals surface area contributed by atoms with Crippen LogP contribution in [-0.2, 0) is 11.3 Å². The maximum absolute atomic E-state index is 11.9. The van der Waals surface area contributed by atoms with Gasteiger partial charge in [-0.25, -0.2) is 0 Å².